The van der Waals surface area contributed by atoms with Crippen molar-refractivity contribution in [2.75, 3.05) is 6.61 Å². The Bertz CT molecular complexity index is 776. The Labute approximate surface area is 199 Å². The van der Waals surface area contributed by atoms with E-state index >= 15 is 0 Å². The van der Waals surface area contributed by atoms with E-state index in [-0.39, 0.29) is 34.8 Å². The van der Waals surface area contributed by atoms with Crippen LogP contribution in [0.2, 0.25) is 0 Å². The minimum absolute atomic E-state index is 0.0252. The normalized spacial score (nSPS) is 43.1. The minimum Gasteiger partial charge on any atom is -0.466 e. The second kappa shape index (κ2) is 9.34. The zero-order chi connectivity index (χ0) is 24.0. The molecule has 0 bridgehead atoms. The Morgan fingerprint density at radius 1 is 1.09 bits per heavy atom. The number of fused-ring (bicyclic) bond motifs is 5. The SMILES string of the molecule is CCOC(=O)CC[C@H](C)[C@H]1CC[C@H]2[C@@H]3CC[C@@H]4C[C@@H](OC(C)=O)CC[C@]4(C)[C@H]3C(=O)C[C@]12C. The van der Waals surface area contributed by atoms with Crippen LogP contribution in [-0.2, 0) is 23.9 Å². The van der Waals surface area contributed by atoms with E-state index in [1.807, 2.05) is 6.92 Å². The lowest BCUT2D eigenvalue weighted by Crippen LogP contribution is -2.58. The number of Topliss-reactive ketones (excluding diaryl/α,β-unsaturated/α-hetero) is 1. The van der Waals surface area contributed by atoms with Crippen LogP contribution < -0.4 is 0 Å². The lowest BCUT2D eigenvalue weighted by atomic mass is 9.44. The van der Waals surface area contributed by atoms with E-state index in [9.17, 15) is 14.4 Å². The van der Waals surface area contributed by atoms with Crippen molar-refractivity contribution < 1.29 is 23.9 Å². The first-order valence-corrected chi connectivity index (χ1v) is 13.5. The maximum Gasteiger partial charge on any atom is 0.305 e. The summed E-state index contributed by atoms with van der Waals surface area (Å²) in [5.41, 5.74) is 0.107. The highest BCUT2D eigenvalue weighted by Gasteiger charge is 2.63. The summed E-state index contributed by atoms with van der Waals surface area (Å²) in [5.74, 6) is 2.89. The zero-order valence-corrected chi connectivity index (χ0v) is 21.4. The number of carbonyl (C=O) groups excluding carboxylic acids is 3. The van der Waals surface area contributed by atoms with E-state index < -0.39 is 0 Å². The van der Waals surface area contributed by atoms with Gasteiger partial charge in [-0.25, -0.2) is 0 Å². The van der Waals surface area contributed by atoms with Crippen LogP contribution in [0.5, 0.6) is 0 Å². The van der Waals surface area contributed by atoms with Crippen LogP contribution in [0.25, 0.3) is 0 Å². The maximum absolute atomic E-state index is 13.9. The van der Waals surface area contributed by atoms with Crippen LogP contribution in [0.4, 0.5) is 0 Å². The summed E-state index contributed by atoms with van der Waals surface area (Å²) in [7, 11) is 0. The van der Waals surface area contributed by atoms with Gasteiger partial charge in [0.25, 0.3) is 0 Å². The number of esters is 2. The third-order valence-electron chi connectivity index (χ3n) is 10.5. The first-order valence-electron chi connectivity index (χ1n) is 13.5. The fourth-order valence-corrected chi connectivity index (χ4v) is 9.13. The Morgan fingerprint density at radius 2 is 1.85 bits per heavy atom. The summed E-state index contributed by atoms with van der Waals surface area (Å²) >= 11 is 0. The Balaban J connectivity index is 1.48. The molecule has 4 aliphatic rings. The van der Waals surface area contributed by atoms with Crippen LogP contribution in [-0.4, -0.2) is 30.4 Å². The maximum atomic E-state index is 13.9. The molecule has 33 heavy (non-hydrogen) atoms. The van der Waals surface area contributed by atoms with Gasteiger partial charge in [0.1, 0.15) is 11.9 Å². The summed E-state index contributed by atoms with van der Waals surface area (Å²) in [6, 6.07) is 0. The average Bonchev–Trinajstić information content (AvgIpc) is 3.08. The third-order valence-corrected chi connectivity index (χ3v) is 10.5. The zero-order valence-electron chi connectivity index (χ0n) is 21.4. The van der Waals surface area contributed by atoms with Crippen LogP contribution in [0.3, 0.4) is 0 Å². The molecule has 9 atom stereocenters. The lowest BCUT2D eigenvalue weighted by Gasteiger charge is -2.60. The molecule has 4 aliphatic carbocycles. The molecule has 0 heterocycles. The summed E-state index contributed by atoms with van der Waals surface area (Å²) < 4.78 is 10.7. The van der Waals surface area contributed by atoms with Gasteiger partial charge in [-0.1, -0.05) is 20.8 Å². The second-order valence-electron chi connectivity index (χ2n) is 12.2. The lowest BCUT2D eigenvalue weighted by molar-refractivity contribution is -0.169. The molecule has 5 nitrogen and oxygen atoms in total. The molecular formula is C28H44O5. The van der Waals surface area contributed by atoms with Crippen molar-refractivity contribution in [1.29, 1.82) is 0 Å². The number of ketones is 1. The molecule has 0 aromatic heterocycles. The summed E-state index contributed by atoms with van der Waals surface area (Å²) in [5, 5.41) is 0. The van der Waals surface area contributed by atoms with E-state index in [1.165, 1.54) is 19.8 Å². The van der Waals surface area contributed by atoms with Crippen molar-refractivity contribution in [3.05, 3.63) is 0 Å². The molecule has 0 N–H and O–H groups in total. The van der Waals surface area contributed by atoms with Crippen molar-refractivity contribution in [2.24, 2.45) is 46.3 Å². The average molecular weight is 461 g/mol. The molecule has 0 aromatic rings. The van der Waals surface area contributed by atoms with Gasteiger partial charge in [0.05, 0.1) is 6.61 Å². The quantitative estimate of drug-likeness (QED) is 0.473. The highest BCUT2D eigenvalue weighted by Crippen LogP contribution is 2.67. The van der Waals surface area contributed by atoms with Crippen LogP contribution >= 0.6 is 0 Å². The highest BCUT2D eigenvalue weighted by molar-refractivity contribution is 5.84. The minimum atomic E-state index is -0.184. The van der Waals surface area contributed by atoms with Gasteiger partial charge >= 0.3 is 11.9 Å². The second-order valence-corrected chi connectivity index (χ2v) is 12.2. The fourth-order valence-electron chi connectivity index (χ4n) is 9.13. The van der Waals surface area contributed by atoms with Crippen molar-refractivity contribution in [3.8, 4) is 0 Å². The highest BCUT2D eigenvalue weighted by atomic mass is 16.5. The van der Waals surface area contributed by atoms with Crippen LogP contribution in [0.1, 0.15) is 98.8 Å². The topological polar surface area (TPSA) is 69.7 Å². The molecule has 0 aromatic carbocycles. The molecule has 0 saturated heterocycles. The van der Waals surface area contributed by atoms with E-state index in [1.54, 1.807) is 0 Å². The number of carbonyl (C=O) groups is 3. The van der Waals surface area contributed by atoms with E-state index in [0.29, 0.717) is 54.8 Å². The standard InChI is InChI=1S/C28H44O5/c1-6-32-25(31)12-7-17(2)22-10-11-23-21-9-8-19-15-20(33-18(3)29)13-14-27(19,4)26(21)24(30)16-28(22,23)5/h17,19-23,26H,6-16H2,1-5H3/t17-,19+,20-,21-,22+,23-,26+,27-,28+/m0/s1. The Morgan fingerprint density at radius 3 is 2.55 bits per heavy atom. The van der Waals surface area contributed by atoms with Crippen LogP contribution in [0, 0.1) is 46.3 Å². The van der Waals surface area contributed by atoms with Crippen molar-refractivity contribution in [1.82, 2.24) is 0 Å². The monoisotopic (exact) mass is 460 g/mol. The van der Waals surface area contributed by atoms with Gasteiger partial charge in [-0.15, -0.1) is 0 Å². The molecule has 0 amide bonds. The molecule has 5 heteroatoms. The van der Waals surface area contributed by atoms with Gasteiger partial charge in [0, 0.05) is 25.7 Å². The predicted octanol–water partition coefficient (Wildman–Crippen LogP) is 5.74. The smallest absolute Gasteiger partial charge is 0.305 e. The number of rotatable bonds is 6. The molecule has 0 aliphatic heterocycles. The molecule has 0 radical (unpaired) electrons. The summed E-state index contributed by atoms with van der Waals surface area (Å²) in [4.78, 5) is 37.3. The molecule has 0 spiro atoms. The molecule has 4 rings (SSSR count). The number of hydrogen-bond acceptors (Lipinski definition) is 5. The first kappa shape index (κ1) is 24.7. The van der Waals surface area contributed by atoms with Crippen LogP contribution in [0.15, 0.2) is 0 Å². The van der Waals surface area contributed by atoms with Crippen molar-refractivity contribution >= 4 is 17.7 Å². The molecule has 4 saturated carbocycles. The van der Waals surface area contributed by atoms with Gasteiger partial charge in [0.15, 0.2) is 0 Å². The third kappa shape index (κ3) is 4.38. The van der Waals surface area contributed by atoms with E-state index in [0.717, 1.165) is 38.5 Å². The molecule has 4 fully saturated rings. The van der Waals surface area contributed by atoms with Gasteiger partial charge in [-0.05, 0) is 98.7 Å². The predicted molar refractivity (Wildman–Crippen MR) is 126 cm³/mol. The van der Waals surface area contributed by atoms with Gasteiger partial charge in [0.2, 0.25) is 0 Å². The molecule has 0 unspecified atom stereocenters. The summed E-state index contributed by atoms with van der Waals surface area (Å²) in [6.45, 7) is 10.8. The van der Waals surface area contributed by atoms with Gasteiger partial charge < -0.3 is 9.47 Å². The Hall–Kier alpha value is -1.39. The Kier molecular flexibility index (Phi) is 7.00. The van der Waals surface area contributed by atoms with E-state index in [2.05, 4.69) is 20.8 Å². The first-order chi connectivity index (χ1) is 15.6. The van der Waals surface area contributed by atoms with Crippen molar-refractivity contribution in [3.63, 3.8) is 0 Å². The molecule has 186 valence electrons. The van der Waals surface area contributed by atoms with Gasteiger partial charge in [-0.3, -0.25) is 14.4 Å². The van der Waals surface area contributed by atoms with Crippen molar-refractivity contribution in [2.45, 2.75) is 105 Å². The largest absolute Gasteiger partial charge is 0.466 e. The number of ether oxygens (including phenoxy) is 2. The number of hydrogen-bond donors (Lipinski definition) is 0. The summed E-state index contributed by atoms with van der Waals surface area (Å²) in [6.07, 6.45) is 9.53. The van der Waals surface area contributed by atoms with E-state index in [4.69, 9.17) is 9.47 Å². The molecular weight excluding hydrogens is 416 g/mol. The van der Waals surface area contributed by atoms with Gasteiger partial charge in [-0.2, -0.15) is 0 Å². The fraction of sp³-hybridized carbons (Fsp3) is 0.893.